The molecule has 0 aromatic carbocycles. The van der Waals surface area contributed by atoms with Crippen molar-refractivity contribution in [3.63, 3.8) is 0 Å². The fraction of sp³-hybridized carbons (Fsp3) is 0.700. The van der Waals surface area contributed by atoms with E-state index in [4.69, 9.17) is 10.5 Å². The summed E-state index contributed by atoms with van der Waals surface area (Å²) in [5.41, 5.74) is 6.66. The van der Waals surface area contributed by atoms with Crippen LogP contribution in [0, 0.1) is 6.92 Å². The van der Waals surface area contributed by atoms with Gasteiger partial charge in [-0.05, 0) is 20.3 Å². The second-order valence-electron chi connectivity index (χ2n) is 3.12. The first-order valence-corrected chi connectivity index (χ1v) is 5.82. The minimum atomic E-state index is 0.143. The third-order valence-electron chi connectivity index (χ3n) is 2.11. The van der Waals surface area contributed by atoms with Crippen LogP contribution in [-0.2, 0) is 11.3 Å². The molecular formula is C10H18N2OS. The van der Waals surface area contributed by atoms with Crippen molar-refractivity contribution in [1.29, 1.82) is 0 Å². The molecule has 0 amide bonds. The Balaban J connectivity index is 2.82. The molecule has 0 spiro atoms. The van der Waals surface area contributed by atoms with Crippen LogP contribution in [0.4, 0.5) is 0 Å². The number of ether oxygens (including phenoxy) is 1. The number of thiazole rings is 1. The van der Waals surface area contributed by atoms with Crippen LogP contribution in [0.1, 0.15) is 42.0 Å². The van der Waals surface area contributed by atoms with Crippen molar-refractivity contribution in [2.75, 3.05) is 6.61 Å². The highest BCUT2D eigenvalue weighted by molar-refractivity contribution is 7.11. The van der Waals surface area contributed by atoms with Crippen molar-refractivity contribution in [2.24, 2.45) is 5.73 Å². The summed E-state index contributed by atoms with van der Waals surface area (Å²) in [5.74, 6) is 0. The van der Waals surface area contributed by atoms with Gasteiger partial charge in [-0.2, -0.15) is 0 Å². The predicted octanol–water partition coefficient (Wildman–Crippen LogP) is 2.40. The van der Waals surface area contributed by atoms with Gasteiger partial charge in [-0.1, -0.05) is 6.92 Å². The largest absolute Gasteiger partial charge is 0.371 e. The molecule has 1 atom stereocenters. The molecule has 0 bridgehead atoms. The molecule has 1 rings (SSSR count). The Hall–Kier alpha value is -0.450. The molecule has 0 saturated heterocycles. The van der Waals surface area contributed by atoms with E-state index < -0.39 is 0 Å². The third-order valence-corrected chi connectivity index (χ3v) is 3.38. The van der Waals surface area contributed by atoms with Crippen LogP contribution in [0.3, 0.4) is 0 Å². The van der Waals surface area contributed by atoms with Crippen molar-refractivity contribution in [2.45, 2.75) is 39.8 Å². The molecule has 1 unspecified atom stereocenters. The lowest BCUT2D eigenvalue weighted by atomic mass is 10.3. The number of aryl methyl sites for hydroxylation is 1. The van der Waals surface area contributed by atoms with Crippen LogP contribution in [0.5, 0.6) is 0 Å². The molecule has 1 aromatic rings. The molecule has 0 aliphatic heterocycles. The van der Waals surface area contributed by atoms with Gasteiger partial charge in [0.15, 0.2) is 0 Å². The van der Waals surface area contributed by atoms with Gasteiger partial charge in [0.1, 0.15) is 11.1 Å². The zero-order chi connectivity index (χ0) is 10.6. The van der Waals surface area contributed by atoms with Gasteiger partial charge in [-0.15, -0.1) is 11.3 Å². The second kappa shape index (κ2) is 5.44. The van der Waals surface area contributed by atoms with E-state index in [1.807, 2.05) is 13.8 Å². The fourth-order valence-corrected chi connectivity index (χ4v) is 2.42. The Kier molecular flexibility index (Phi) is 4.51. The van der Waals surface area contributed by atoms with E-state index in [0.29, 0.717) is 6.54 Å². The maximum absolute atomic E-state index is 5.61. The van der Waals surface area contributed by atoms with Crippen LogP contribution in [0.2, 0.25) is 0 Å². The number of hydrogen-bond donors (Lipinski definition) is 1. The Morgan fingerprint density at radius 1 is 1.50 bits per heavy atom. The zero-order valence-electron chi connectivity index (χ0n) is 9.04. The normalized spacial score (nSPS) is 13.1. The number of nitrogens with two attached hydrogens (primary N) is 1. The molecule has 80 valence electrons. The summed E-state index contributed by atoms with van der Waals surface area (Å²) in [7, 11) is 0. The van der Waals surface area contributed by atoms with Gasteiger partial charge < -0.3 is 10.5 Å². The van der Waals surface area contributed by atoms with Gasteiger partial charge in [0.2, 0.25) is 0 Å². The van der Waals surface area contributed by atoms with Crippen LogP contribution in [0.15, 0.2) is 0 Å². The van der Waals surface area contributed by atoms with E-state index in [9.17, 15) is 0 Å². The van der Waals surface area contributed by atoms with Gasteiger partial charge in [-0.3, -0.25) is 0 Å². The maximum atomic E-state index is 5.61. The summed E-state index contributed by atoms with van der Waals surface area (Å²) in [4.78, 5) is 5.65. The van der Waals surface area contributed by atoms with Crippen LogP contribution in [-0.4, -0.2) is 11.6 Å². The van der Waals surface area contributed by atoms with Crippen LogP contribution < -0.4 is 5.73 Å². The maximum Gasteiger partial charge on any atom is 0.122 e. The molecule has 1 aromatic heterocycles. The number of nitrogens with zero attached hydrogens (tertiary/aromatic N) is 1. The quantitative estimate of drug-likeness (QED) is 0.818. The Bertz CT molecular complexity index is 286. The van der Waals surface area contributed by atoms with E-state index in [1.165, 1.54) is 0 Å². The number of aromatic nitrogens is 1. The van der Waals surface area contributed by atoms with Crippen molar-refractivity contribution in [1.82, 2.24) is 4.98 Å². The van der Waals surface area contributed by atoms with E-state index >= 15 is 0 Å². The highest BCUT2D eigenvalue weighted by atomic mass is 32.1. The summed E-state index contributed by atoms with van der Waals surface area (Å²) in [6.07, 6.45) is 1.11. The average Bonchev–Trinajstić information content (AvgIpc) is 2.56. The second-order valence-corrected chi connectivity index (χ2v) is 4.23. The Morgan fingerprint density at radius 2 is 2.21 bits per heavy atom. The SMILES string of the molecule is CCOC(CC)c1nc(C)c(CN)s1. The highest BCUT2D eigenvalue weighted by Crippen LogP contribution is 2.27. The van der Waals surface area contributed by atoms with Gasteiger partial charge >= 0.3 is 0 Å². The third kappa shape index (κ3) is 2.53. The molecule has 3 nitrogen and oxygen atoms in total. The Morgan fingerprint density at radius 3 is 2.64 bits per heavy atom. The lowest BCUT2D eigenvalue weighted by Gasteiger charge is -2.10. The van der Waals surface area contributed by atoms with Crippen molar-refractivity contribution < 1.29 is 4.74 Å². The lowest BCUT2D eigenvalue weighted by Crippen LogP contribution is -2.02. The molecule has 1 heterocycles. The summed E-state index contributed by atoms with van der Waals surface area (Å²) >= 11 is 1.67. The summed E-state index contributed by atoms with van der Waals surface area (Å²) < 4.78 is 5.60. The molecule has 0 aliphatic rings. The lowest BCUT2D eigenvalue weighted by molar-refractivity contribution is 0.0596. The molecule has 0 fully saturated rings. The number of rotatable bonds is 5. The monoisotopic (exact) mass is 214 g/mol. The minimum absolute atomic E-state index is 0.143. The van der Waals surface area contributed by atoms with Gasteiger partial charge in [0.05, 0.1) is 5.69 Å². The topological polar surface area (TPSA) is 48.1 Å². The molecule has 4 heteroatoms. The predicted molar refractivity (Wildman–Crippen MR) is 59.4 cm³/mol. The first kappa shape index (κ1) is 11.6. The van der Waals surface area contributed by atoms with Crippen LogP contribution in [0.25, 0.3) is 0 Å². The molecule has 0 aliphatic carbocycles. The first-order chi connectivity index (χ1) is 6.72. The molecule has 2 N–H and O–H groups in total. The molecule has 0 saturated carbocycles. The van der Waals surface area contributed by atoms with E-state index in [1.54, 1.807) is 11.3 Å². The highest BCUT2D eigenvalue weighted by Gasteiger charge is 2.15. The van der Waals surface area contributed by atoms with Crippen molar-refractivity contribution >= 4 is 11.3 Å². The van der Waals surface area contributed by atoms with Crippen LogP contribution >= 0.6 is 11.3 Å². The van der Waals surface area contributed by atoms with E-state index in [2.05, 4.69) is 11.9 Å². The Labute approximate surface area is 89.3 Å². The van der Waals surface area contributed by atoms with Crippen molar-refractivity contribution in [3.05, 3.63) is 15.6 Å². The molecule has 14 heavy (non-hydrogen) atoms. The smallest absolute Gasteiger partial charge is 0.122 e. The molecular weight excluding hydrogens is 196 g/mol. The van der Waals surface area contributed by atoms with E-state index in [-0.39, 0.29) is 6.10 Å². The zero-order valence-corrected chi connectivity index (χ0v) is 9.86. The standard InChI is InChI=1S/C10H18N2OS/c1-4-8(13-5-2)10-12-7(3)9(6-11)14-10/h8H,4-6,11H2,1-3H3. The molecule has 0 radical (unpaired) electrons. The van der Waals surface area contributed by atoms with Gasteiger partial charge in [0.25, 0.3) is 0 Å². The fourth-order valence-electron chi connectivity index (χ4n) is 1.34. The van der Waals surface area contributed by atoms with Crippen molar-refractivity contribution in [3.8, 4) is 0 Å². The van der Waals surface area contributed by atoms with Gasteiger partial charge in [0, 0.05) is 18.0 Å². The summed E-state index contributed by atoms with van der Waals surface area (Å²) in [5, 5.41) is 1.06. The van der Waals surface area contributed by atoms with E-state index in [0.717, 1.165) is 28.6 Å². The average molecular weight is 214 g/mol. The number of hydrogen-bond acceptors (Lipinski definition) is 4. The minimum Gasteiger partial charge on any atom is -0.371 e. The summed E-state index contributed by atoms with van der Waals surface area (Å²) in [6.45, 7) is 7.42. The van der Waals surface area contributed by atoms with Gasteiger partial charge in [-0.25, -0.2) is 4.98 Å². The first-order valence-electron chi connectivity index (χ1n) is 5.00. The summed E-state index contributed by atoms with van der Waals surface area (Å²) in [6, 6.07) is 0.